The van der Waals surface area contributed by atoms with Gasteiger partial charge in [0.2, 0.25) is 10.0 Å². The fraction of sp³-hybridized carbons (Fsp3) is 0.500. The Bertz CT molecular complexity index is 615. The molecule has 118 valence electrons. The van der Waals surface area contributed by atoms with E-state index in [1.54, 1.807) is 6.92 Å². The van der Waals surface area contributed by atoms with Crippen LogP contribution >= 0.6 is 0 Å². The van der Waals surface area contributed by atoms with E-state index in [-0.39, 0.29) is 22.8 Å². The lowest BCUT2D eigenvalue weighted by Gasteiger charge is -2.19. The van der Waals surface area contributed by atoms with E-state index < -0.39 is 21.1 Å². The third-order valence-corrected chi connectivity index (χ3v) is 4.58. The molecule has 1 aromatic rings. The van der Waals surface area contributed by atoms with Crippen molar-refractivity contribution in [2.75, 3.05) is 25.5 Å². The number of rotatable bonds is 7. The number of aliphatic hydroxyl groups is 1. The molecular formula is C12H19N3O5S. The average Bonchev–Trinajstić information content (AvgIpc) is 2.37. The van der Waals surface area contributed by atoms with Gasteiger partial charge in [-0.1, -0.05) is 0 Å². The summed E-state index contributed by atoms with van der Waals surface area (Å²) in [5, 5.41) is 23.0. The van der Waals surface area contributed by atoms with Gasteiger partial charge in [0.1, 0.15) is 5.69 Å². The Hall–Kier alpha value is -1.71. The predicted molar refractivity (Wildman–Crippen MR) is 78.8 cm³/mol. The molecule has 1 atom stereocenters. The van der Waals surface area contributed by atoms with E-state index >= 15 is 0 Å². The Morgan fingerprint density at radius 3 is 2.57 bits per heavy atom. The van der Waals surface area contributed by atoms with E-state index in [4.69, 9.17) is 0 Å². The van der Waals surface area contributed by atoms with Crippen molar-refractivity contribution in [3.8, 4) is 0 Å². The van der Waals surface area contributed by atoms with Gasteiger partial charge in [0.15, 0.2) is 0 Å². The van der Waals surface area contributed by atoms with Gasteiger partial charge in [-0.2, -0.15) is 4.31 Å². The first-order valence-electron chi connectivity index (χ1n) is 6.36. The maximum atomic E-state index is 12.3. The van der Waals surface area contributed by atoms with Gasteiger partial charge in [-0.15, -0.1) is 0 Å². The molecule has 1 rings (SSSR count). The molecule has 0 radical (unpaired) electrons. The molecule has 8 nitrogen and oxygen atoms in total. The largest absolute Gasteiger partial charge is 0.392 e. The molecule has 1 aromatic carbocycles. The number of nitrogens with one attached hydrogen (secondary N) is 1. The lowest BCUT2D eigenvalue weighted by Crippen LogP contribution is -2.33. The van der Waals surface area contributed by atoms with Crippen molar-refractivity contribution >= 4 is 21.4 Å². The van der Waals surface area contributed by atoms with E-state index in [0.717, 1.165) is 10.4 Å². The van der Waals surface area contributed by atoms with Gasteiger partial charge in [-0.05, 0) is 26.0 Å². The van der Waals surface area contributed by atoms with Gasteiger partial charge < -0.3 is 10.4 Å². The van der Waals surface area contributed by atoms with Gasteiger partial charge in [0, 0.05) is 26.2 Å². The average molecular weight is 317 g/mol. The second-order valence-corrected chi connectivity index (χ2v) is 6.65. The maximum Gasteiger partial charge on any atom is 0.292 e. The van der Waals surface area contributed by atoms with Gasteiger partial charge in [-0.25, -0.2) is 8.42 Å². The third kappa shape index (κ3) is 4.13. The van der Waals surface area contributed by atoms with Gasteiger partial charge >= 0.3 is 0 Å². The number of nitro benzene ring substituents is 1. The Labute approximate surface area is 123 Å². The Morgan fingerprint density at radius 2 is 2.10 bits per heavy atom. The number of nitrogens with zero attached hydrogens (tertiary/aromatic N) is 2. The minimum atomic E-state index is -3.81. The molecular weight excluding hydrogens is 298 g/mol. The summed E-state index contributed by atoms with van der Waals surface area (Å²) in [7, 11) is -2.46. The number of aliphatic hydroxyl groups excluding tert-OH is 1. The summed E-state index contributed by atoms with van der Waals surface area (Å²) in [6.45, 7) is 3.60. The second kappa shape index (κ2) is 6.83. The van der Waals surface area contributed by atoms with E-state index in [9.17, 15) is 23.6 Å². The van der Waals surface area contributed by atoms with Crippen molar-refractivity contribution in [2.45, 2.75) is 24.8 Å². The lowest BCUT2D eigenvalue weighted by atomic mass is 10.2. The zero-order valence-electron chi connectivity index (χ0n) is 12.1. The van der Waals surface area contributed by atoms with Crippen molar-refractivity contribution in [3.63, 3.8) is 0 Å². The topological polar surface area (TPSA) is 113 Å². The van der Waals surface area contributed by atoms with E-state index in [0.29, 0.717) is 6.54 Å². The number of benzene rings is 1. The summed E-state index contributed by atoms with van der Waals surface area (Å²) in [6, 6.07) is 3.57. The first-order chi connectivity index (χ1) is 9.70. The first kappa shape index (κ1) is 17.3. The summed E-state index contributed by atoms with van der Waals surface area (Å²) in [5.41, 5.74) is -0.0389. The molecule has 2 N–H and O–H groups in total. The first-order valence-corrected chi connectivity index (χ1v) is 7.80. The number of sulfonamides is 1. The second-order valence-electron chi connectivity index (χ2n) is 4.60. The fourth-order valence-electron chi connectivity index (χ4n) is 1.82. The van der Waals surface area contributed by atoms with Crippen molar-refractivity contribution < 1.29 is 18.4 Å². The van der Waals surface area contributed by atoms with Crippen LogP contribution in [-0.4, -0.2) is 49.0 Å². The molecule has 0 aliphatic heterocycles. The molecule has 0 spiro atoms. The zero-order chi connectivity index (χ0) is 16.2. The quantitative estimate of drug-likeness (QED) is 0.573. The molecule has 1 unspecified atom stereocenters. The minimum absolute atomic E-state index is 0.0597. The standard InChI is InChI=1S/C12H19N3O5S/c1-4-13-11-7-10(5-6-12(11)15(17)18)21(19,20)14(3)8-9(2)16/h5-7,9,13,16H,4,8H2,1-3H3. The van der Waals surface area contributed by atoms with E-state index in [2.05, 4.69) is 5.32 Å². The normalized spacial score (nSPS) is 13.2. The number of hydrogen-bond acceptors (Lipinski definition) is 6. The van der Waals surface area contributed by atoms with Crippen molar-refractivity contribution in [2.24, 2.45) is 0 Å². The maximum absolute atomic E-state index is 12.3. The summed E-state index contributed by atoms with van der Waals surface area (Å²) in [4.78, 5) is 10.3. The monoisotopic (exact) mass is 317 g/mol. The van der Waals surface area contributed by atoms with Crippen molar-refractivity contribution in [3.05, 3.63) is 28.3 Å². The van der Waals surface area contributed by atoms with E-state index in [1.165, 1.54) is 26.1 Å². The highest BCUT2D eigenvalue weighted by molar-refractivity contribution is 7.89. The predicted octanol–water partition coefficient (Wildman–Crippen LogP) is 1.03. The molecule has 0 bridgehead atoms. The zero-order valence-corrected chi connectivity index (χ0v) is 12.9. The van der Waals surface area contributed by atoms with E-state index in [1.807, 2.05) is 0 Å². The van der Waals surface area contributed by atoms with Crippen LogP contribution in [0.5, 0.6) is 0 Å². The molecule has 0 heterocycles. The van der Waals surface area contributed by atoms with Crippen molar-refractivity contribution in [1.29, 1.82) is 0 Å². The van der Waals surface area contributed by atoms with Crippen LogP contribution in [0.1, 0.15) is 13.8 Å². The van der Waals surface area contributed by atoms with Crippen LogP contribution in [0.2, 0.25) is 0 Å². The molecule has 0 saturated heterocycles. The van der Waals surface area contributed by atoms with Gasteiger partial charge in [-0.3, -0.25) is 10.1 Å². The highest BCUT2D eigenvalue weighted by Crippen LogP contribution is 2.28. The summed E-state index contributed by atoms with van der Waals surface area (Å²) >= 11 is 0. The number of nitro groups is 1. The summed E-state index contributed by atoms with van der Waals surface area (Å²) < 4.78 is 25.7. The molecule has 0 fully saturated rings. The molecule has 0 aromatic heterocycles. The van der Waals surface area contributed by atoms with Crippen LogP contribution in [0.15, 0.2) is 23.1 Å². The van der Waals surface area contributed by atoms with Crippen LogP contribution in [-0.2, 0) is 10.0 Å². The molecule has 0 amide bonds. The third-order valence-electron chi connectivity index (χ3n) is 2.76. The van der Waals surface area contributed by atoms with Crippen LogP contribution in [0.4, 0.5) is 11.4 Å². The Balaban J connectivity index is 3.25. The van der Waals surface area contributed by atoms with Crippen LogP contribution in [0.3, 0.4) is 0 Å². The molecule has 0 saturated carbocycles. The Kier molecular flexibility index (Phi) is 5.64. The lowest BCUT2D eigenvalue weighted by molar-refractivity contribution is -0.384. The Morgan fingerprint density at radius 1 is 1.48 bits per heavy atom. The summed E-state index contributed by atoms with van der Waals surface area (Å²) in [6.07, 6.45) is -0.809. The minimum Gasteiger partial charge on any atom is -0.392 e. The molecule has 0 aliphatic rings. The number of hydrogen-bond donors (Lipinski definition) is 2. The molecule has 9 heteroatoms. The number of likely N-dealkylation sites (N-methyl/N-ethyl adjacent to an activating group) is 1. The molecule has 21 heavy (non-hydrogen) atoms. The fourth-order valence-corrected chi connectivity index (χ4v) is 3.10. The van der Waals surface area contributed by atoms with Crippen LogP contribution < -0.4 is 5.32 Å². The van der Waals surface area contributed by atoms with Gasteiger partial charge in [0.25, 0.3) is 5.69 Å². The highest BCUT2D eigenvalue weighted by atomic mass is 32.2. The summed E-state index contributed by atoms with van der Waals surface area (Å²) in [5.74, 6) is 0. The van der Waals surface area contributed by atoms with Gasteiger partial charge in [0.05, 0.1) is 15.9 Å². The SMILES string of the molecule is CCNc1cc(S(=O)(=O)N(C)CC(C)O)ccc1[N+](=O)[O-]. The number of anilines is 1. The molecule has 0 aliphatic carbocycles. The van der Waals surface area contributed by atoms with Crippen LogP contribution in [0.25, 0.3) is 0 Å². The van der Waals surface area contributed by atoms with Crippen molar-refractivity contribution in [1.82, 2.24) is 4.31 Å². The smallest absolute Gasteiger partial charge is 0.292 e. The van der Waals surface area contributed by atoms with Crippen LogP contribution in [0, 0.1) is 10.1 Å². The highest BCUT2D eigenvalue weighted by Gasteiger charge is 2.24.